The first-order chi connectivity index (χ1) is 8.97. The number of hydrogen-bond acceptors (Lipinski definition) is 6. The number of hydrogen-bond donors (Lipinski definition) is 4. The van der Waals surface area contributed by atoms with Crippen LogP contribution in [0.15, 0.2) is 11.8 Å². The summed E-state index contributed by atoms with van der Waals surface area (Å²) in [5, 5.41) is 37.5. The molecule has 0 aliphatic carbocycles. The van der Waals surface area contributed by atoms with E-state index in [1.165, 1.54) is 6.92 Å². The van der Waals surface area contributed by atoms with E-state index in [2.05, 4.69) is 5.32 Å². The van der Waals surface area contributed by atoms with Crippen LogP contribution in [0.5, 0.6) is 0 Å². The largest absolute Gasteiger partial charge is 0.480 e. The average Bonchev–Trinajstić information content (AvgIpc) is 2.38. The third kappa shape index (κ3) is 5.85. The Hall–Kier alpha value is -2.11. The summed E-state index contributed by atoms with van der Waals surface area (Å²) < 4.78 is 0. The van der Waals surface area contributed by atoms with E-state index in [0.29, 0.717) is 0 Å². The highest BCUT2D eigenvalue weighted by Gasteiger charge is 2.18. The molecule has 0 aromatic carbocycles. The van der Waals surface area contributed by atoms with Crippen molar-refractivity contribution in [3.8, 4) is 6.07 Å². The van der Waals surface area contributed by atoms with E-state index in [9.17, 15) is 9.59 Å². The molecule has 0 fully saturated rings. The lowest BCUT2D eigenvalue weighted by molar-refractivity contribution is -0.138. The lowest BCUT2D eigenvalue weighted by atomic mass is 10.2. The van der Waals surface area contributed by atoms with Gasteiger partial charge in [-0.1, -0.05) is 0 Å². The van der Waals surface area contributed by atoms with Gasteiger partial charge in [0.05, 0.1) is 13.2 Å². The summed E-state index contributed by atoms with van der Waals surface area (Å²) in [6.45, 7) is 0.712. The van der Waals surface area contributed by atoms with Gasteiger partial charge in [-0.25, -0.2) is 0 Å². The first kappa shape index (κ1) is 16.9. The van der Waals surface area contributed by atoms with Gasteiger partial charge in [0.25, 0.3) is 5.91 Å². The molecule has 8 nitrogen and oxygen atoms in total. The molecule has 0 aliphatic heterocycles. The molecule has 1 unspecified atom stereocenters. The van der Waals surface area contributed by atoms with Gasteiger partial charge in [-0.15, -0.1) is 0 Å². The van der Waals surface area contributed by atoms with Crippen LogP contribution in [-0.4, -0.2) is 64.4 Å². The Labute approximate surface area is 110 Å². The van der Waals surface area contributed by atoms with Crippen molar-refractivity contribution in [3.63, 3.8) is 0 Å². The number of carboxylic acids is 1. The van der Waals surface area contributed by atoms with Crippen LogP contribution in [0, 0.1) is 11.3 Å². The van der Waals surface area contributed by atoms with Crippen LogP contribution in [0.25, 0.3) is 0 Å². The minimum Gasteiger partial charge on any atom is -0.480 e. The number of nitriles is 1. The van der Waals surface area contributed by atoms with E-state index in [1.54, 1.807) is 6.07 Å². The smallest absolute Gasteiger partial charge is 0.325 e. The van der Waals surface area contributed by atoms with E-state index < -0.39 is 17.9 Å². The lowest BCUT2D eigenvalue weighted by Crippen LogP contribution is -2.37. The molecule has 0 heterocycles. The summed E-state index contributed by atoms with van der Waals surface area (Å²) in [7, 11) is 0. The first-order valence-electron chi connectivity index (χ1n) is 5.58. The van der Waals surface area contributed by atoms with E-state index in [0.717, 1.165) is 11.1 Å². The molecule has 19 heavy (non-hydrogen) atoms. The van der Waals surface area contributed by atoms with Crippen molar-refractivity contribution in [3.05, 3.63) is 11.8 Å². The van der Waals surface area contributed by atoms with Crippen molar-refractivity contribution in [2.24, 2.45) is 0 Å². The van der Waals surface area contributed by atoms with Crippen LogP contribution in [0.1, 0.15) is 6.92 Å². The molecule has 0 saturated heterocycles. The average molecular weight is 271 g/mol. The van der Waals surface area contributed by atoms with Crippen LogP contribution in [0.3, 0.4) is 0 Å². The number of amides is 1. The summed E-state index contributed by atoms with van der Waals surface area (Å²) in [6.07, 6.45) is 1.02. The molecule has 1 amide bonds. The molecular weight excluding hydrogens is 254 g/mol. The summed E-state index contributed by atoms with van der Waals surface area (Å²) in [4.78, 5) is 23.5. The fourth-order valence-corrected chi connectivity index (χ4v) is 1.15. The third-order valence-electron chi connectivity index (χ3n) is 2.23. The molecule has 1 atom stereocenters. The second-order valence-electron chi connectivity index (χ2n) is 3.64. The molecule has 106 valence electrons. The number of aliphatic hydroxyl groups excluding tert-OH is 2. The van der Waals surface area contributed by atoms with Crippen LogP contribution < -0.4 is 5.32 Å². The fourth-order valence-electron chi connectivity index (χ4n) is 1.15. The molecule has 0 aromatic rings. The van der Waals surface area contributed by atoms with Crippen molar-refractivity contribution >= 4 is 11.9 Å². The van der Waals surface area contributed by atoms with Crippen molar-refractivity contribution in [2.45, 2.75) is 13.0 Å². The van der Waals surface area contributed by atoms with Gasteiger partial charge >= 0.3 is 5.97 Å². The predicted octanol–water partition coefficient (Wildman–Crippen LogP) is -1.73. The van der Waals surface area contributed by atoms with Crippen molar-refractivity contribution < 1.29 is 24.9 Å². The summed E-state index contributed by atoms with van der Waals surface area (Å²) >= 11 is 0. The summed E-state index contributed by atoms with van der Waals surface area (Å²) in [6, 6.07) is 0.700. The summed E-state index contributed by atoms with van der Waals surface area (Å²) in [5.41, 5.74) is -0.296. The Morgan fingerprint density at radius 1 is 1.37 bits per heavy atom. The van der Waals surface area contributed by atoms with Gasteiger partial charge in [0.2, 0.25) is 0 Å². The third-order valence-corrected chi connectivity index (χ3v) is 2.23. The predicted molar refractivity (Wildman–Crippen MR) is 64.7 cm³/mol. The highest BCUT2D eigenvalue weighted by Crippen LogP contribution is 2.00. The quantitative estimate of drug-likeness (QED) is 0.304. The Morgan fingerprint density at radius 2 is 1.89 bits per heavy atom. The number of nitrogens with zero attached hydrogens (tertiary/aromatic N) is 2. The highest BCUT2D eigenvalue weighted by molar-refractivity contribution is 5.97. The highest BCUT2D eigenvalue weighted by atomic mass is 16.4. The zero-order valence-corrected chi connectivity index (χ0v) is 10.5. The van der Waals surface area contributed by atoms with Crippen LogP contribution in [0.4, 0.5) is 0 Å². The monoisotopic (exact) mass is 271 g/mol. The van der Waals surface area contributed by atoms with Gasteiger partial charge in [0, 0.05) is 19.3 Å². The van der Waals surface area contributed by atoms with Crippen LogP contribution >= 0.6 is 0 Å². The summed E-state index contributed by atoms with van der Waals surface area (Å²) in [5.74, 6) is -1.81. The standard InChI is InChI=1S/C11H17N3O5/c1-8(11(18)19)13-7-9(6-12)10(17)14(2-4-15)3-5-16/h7-8,13,15-16H,2-5H2,1H3,(H,18,19)/b9-7-. The maximum atomic E-state index is 11.9. The second-order valence-corrected chi connectivity index (χ2v) is 3.64. The SMILES string of the molecule is CC(N/C=C(/C#N)C(=O)N(CCO)CCO)C(=O)O. The molecule has 0 bridgehead atoms. The van der Waals surface area contributed by atoms with Gasteiger partial charge in [-0.2, -0.15) is 5.26 Å². The minimum atomic E-state index is -1.12. The zero-order chi connectivity index (χ0) is 14.8. The van der Waals surface area contributed by atoms with Crippen molar-refractivity contribution in [1.29, 1.82) is 5.26 Å². The molecule has 0 rings (SSSR count). The van der Waals surface area contributed by atoms with Gasteiger partial charge in [0.15, 0.2) is 0 Å². The Balaban J connectivity index is 4.82. The molecular formula is C11H17N3O5. The van der Waals surface area contributed by atoms with Crippen molar-refractivity contribution in [1.82, 2.24) is 10.2 Å². The van der Waals surface area contributed by atoms with Gasteiger partial charge in [0.1, 0.15) is 17.7 Å². The van der Waals surface area contributed by atoms with Crippen LogP contribution in [0.2, 0.25) is 0 Å². The maximum absolute atomic E-state index is 11.9. The molecule has 0 radical (unpaired) electrons. The molecule has 0 spiro atoms. The van der Waals surface area contributed by atoms with Gasteiger partial charge in [-0.3, -0.25) is 9.59 Å². The normalized spacial score (nSPS) is 12.4. The number of aliphatic hydroxyl groups is 2. The number of aliphatic carboxylic acids is 1. The lowest BCUT2D eigenvalue weighted by Gasteiger charge is -2.20. The van der Waals surface area contributed by atoms with E-state index >= 15 is 0 Å². The molecule has 8 heteroatoms. The van der Waals surface area contributed by atoms with Crippen molar-refractivity contribution in [2.75, 3.05) is 26.3 Å². The fraction of sp³-hybridized carbons (Fsp3) is 0.545. The minimum absolute atomic E-state index is 0.0209. The number of carboxylic acid groups (broad SMARTS) is 1. The Kier molecular flexibility index (Phi) is 7.92. The van der Waals surface area contributed by atoms with Gasteiger partial charge < -0.3 is 25.5 Å². The first-order valence-corrected chi connectivity index (χ1v) is 5.58. The van der Waals surface area contributed by atoms with E-state index in [1.807, 2.05) is 0 Å². The molecule has 4 N–H and O–H groups in total. The zero-order valence-electron chi connectivity index (χ0n) is 10.5. The molecule has 0 saturated carbocycles. The molecule has 0 aromatic heterocycles. The Morgan fingerprint density at radius 3 is 2.26 bits per heavy atom. The second kappa shape index (κ2) is 8.91. The number of carbonyl (C=O) groups excluding carboxylic acids is 1. The van der Waals surface area contributed by atoms with E-state index in [-0.39, 0.29) is 31.9 Å². The topological polar surface area (TPSA) is 134 Å². The van der Waals surface area contributed by atoms with Gasteiger partial charge in [-0.05, 0) is 6.92 Å². The number of nitrogens with one attached hydrogen (secondary N) is 1. The maximum Gasteiger partial charge on any atom is 0.325 e. The number of carbonyl (C=O) groups is 2. The number of rotatable bonds is 8. The van der Waals surface area contributed by atoms with Crippen LogP contribution in [-0.2, 0) is 9.59 Å². The Bertz CT molecular complexity index is 382. The molecule has 0 aliphatic rings. The van der Waals surface area contributed by atoms with E-state index in [4.69, 9.17) is 20.6 Å².